The molecular weight excluding hydrogens is 202 g/mol. The summed E-state index contributed by atoms with van der Waals surface area (Å²) in [5, 5.41) is 0. The number of nitrogens with zero attached hydrogens (tertiary/aromatic N) is 1. The van der Waals surface area contributed by atoms with Crippen molar-refractivity contribution in [2.45, 2.75) is 38.6 Å². The van der Waals surface area contributed by atoms with Gasteiger partial charge in [0.1, 0.15) is 0 Å². The van der Waals surface area contributed by atoms with Gasteiger partial charge in [-0.1, -0.05) is 13.8 Å². The quantitative estimate of drug-likeness (QED) is 0.674. The molecule has 2 atom stereocenters. The van der Waals surface area contributed by atoms with Crippen molar-refractivity contribution in [1.29, 1.82) is 0 Å². The van der Waals surface area contributed by atoms with Crippen LogP contribution in [-0.2, 0) is 9.53 Å². The third kappa shape index (κ3) is 1.08. The zero-order chi connectivity index (χ0) is 11.4. The van der Waals surface area contributed by atoms with Crippen molar-refractivity contribution in [2.75, 3.05) is 26.3 Å². The zero-order valence-electron chi connectivity index (χ0n) is 10.3. The fraction of sp³-hybridized carbons (Fsp3) is 0.923. The summed E-state index contributed by atoms with van der Waals surface area (Å²) < 4.78 is 5.41. The molecule has 0 aromatic rings. The SMILES string of the molecule is CC1(C)[C@@H]2CC[C@@]1(N1CCOCC1)C(=O)C2. The average molecular weight is 223 g/mol. The highest BCUT2D eigenvalue weighted by Crippen LogP contribution is 2.60. The van der Waals surface area contributed by atoms with Gasteiger partial charge >= 0.3 is 0 Å². The Morgan fingerprint density at radius 3 is 2.50 bits per heavy atom. The third-order valence-corrected chi connectivity index (χ3v) is 5.39. The van der Waals surface area contributed by atoms with Gasteiger partial charge in [0.2, 0.25) is 0 Å². The Labute approximate surface area is 97.1 Å². The van der Waals surface area contributed by atoms with Crippen molar-refractivity contribution in [3.63, 3.8) is 0 Å². The number of morpholine rings is 1. The highest BCUT2D eigenvalue weighted by molar-refractivity contribution is 5.93. The predicted molar refractivity (Wildman–Crippen MR) is 61.3 cm³/mol. The molecule has 0 unspecified atom stereocenters. The van der Waals surface area contributed by atoms with Crippen LogP contribution in [0.3, 0.4) is 0 Å². The molecule has 0 N–H and O–H groups in total. The van der Waals surface area contributed by atoms with E-state index in [-0.39, 0.29) is 11.0 Å². The molecule has 2 bridgehead atoms. The van der Waals surface area contributed by atoms with Gasteiger partial charge in [0.25, 0.3) is 0 Å². The van der Waals surface area contributed by atoms with Gasteiger partial charge in [-0.2, -0.15) is 0 Å². The monoisotopic (exact) mass is 223 g/mol. The zero-order valence-corrected chi connectivity index (χ0v) is 10.3. The summed E-state index contributed by atoms with van der Waals surface area (Å²) >= 11 is 0. The maximum absolute atomic E-state index is 12.4. The topological polar surface area (TPSA) is 29.5 Å². The molecule has 0 aromatic heterocycles. The number of ketones is 1. The van der Waals surface area contributed by atoms with E-state index in [1.807, 2.05) is 0 Å². The molecule has 3 aliphatic rings. The van der Waals surface area contributed by atoms with Gasteiger partial charge < -0.3 is 4.74 Å². The first kappa shape index (κ1) is 10.7. The molecule has 0 aromatic carbocycles. The molecular formula is C13H21NO2. The Morgan fingerprint density at radius 1 is 1.31 bits per heavy atom. The Kier molecular flexibility index (Phi) is 2.21. The van der Waals surface area contributed by atoms with Crippen LogP contribution in [0.1, 0.15) is 33.1 Å². The van der Waals surface area contributed by atoms with E-state index in [9.17, 15) is 4.79 Å². The van der Waals surface area contributed by atoms with Crippen molar-refractivity contribution in [3.8, 4) is 0 Å². The summed E-state index contributed by atoms with van der Waals surface area (Å²) in [4.78, 5) is 14.8. The lowest BCUT2D eigenvalue weighted by atomic mass is 9.74. The van der Waals surface area contributed by atoms with Crippen molar-refractivity contribution in [1.82, 2.24) is 4.90 Å². The molecule has 1 heterocycles. The van der Waals surface area contributed by atoms with Crippen molar-refractivity contribution >= 4 is 5.78 Å². The average Bonchev–Trinajstić information content (AvgIpc) is 2.64. The predicted octanol–water partition coefficient (Wildman–Crippen LogP) is 1.47. The number of hydrogen-bond acceptors (Lipinski definition) is 3. The number of rotatable bonds is 1. The third-order valence-electron chi connectivity index (χ3n) is 5.39. The molecule has 3 rings (SSSR count). The fourth-order valence-electron chi connectivity index (χ4n) is 4.34. The summed E-state index contributed by atoms with van der Waals surface area (Å²) in [5.41, 5.74) is 0.0167. The van der Waals surface area contributed by atoms with Crippen LogP contribution in [0.25, 0.3) is 0 Å². The molecule has 1 aliphatic heterocycles. The normalized spacial score (nSPS) is 42.9. The Bertz CT molecular complexity index is 320. The maximum atomic E-state index is 12.4. The Morgan fingerprint density at radius 2 is 2.00 bits per heavy atom. The maximum Gasteiger partial charge on any atom is 0.153 e. The fourth-order valence-corrected chi connectivity index (χ4v) is 4.34. The van der Waals surface area contributed by atoms with Crippen LogP contribution < -0.4 is 0 Å². The number of hydrogen-bond donors (Lipinski definition) is 0. The second kappa shape index (κ2) is 3.30. The first-order valence-corrected chi connectivity index (χ1v) is 6.45. The minimum atomic E-state index is -0.151. The van der Waals surface area contributed by atoms with Gasteiger partial charge in [-0.05, 0) is 24.2 Å². The van der Waals surface area contributed by atoms with Crippen molar-refractivity contribution in [3.05, 3.63) is 0 Å². The number of carbonyl (C=O) groups excluding carboxylic acids is 1. The van der Waals surface area contributed by atoms with E-state index >= 15 is 0 Å². The van der Waals surface area contributed by atoms with E-state index in [0.717, 1.165) is 39.1 Å². The minimum Gasteiger partial charge on any atom is -0.379 e. The Balaban J connectivity index is 1.97. The van der Waals surface area contributed by atoms with E-state index in [2.05, 4.69) is 18.7 Å². The second-order valence-electron chi connectivity index (χ2n) is 6.04. The lowest BCUT2D eigenvalue weighted by Gasteiger charge is -2.47. The molecule has 16 heavy (non-hydrogen) atoms. The molecule has 3 nitrogen and oxygen atoms in total. The van der Waals surface area contributed by atoms with Crippen molar-refractivity contribution < 1.29 is 9.53 Å². The van der Waals surface area contributed by atoms with Crippen LogP contribution >= 0.6 is 0 Å². The molecule has 0 radical (unpaired) electrons. The van der Waals surface area contributed by atoms with E-state index in [4.69, 9.17) is 4.74 Å². The smallest absolute Gasteiger partial charge is 0.153 e. The van der Waals surface area contributed by atoms with E-state index in [1.54, 1.807) is 0 Å². The van der Waals surface area contributed by atoms with Crippen molar-refractivity contribution in [2.24, 2.45) is 11.3 Å². The van der Waals surface area contributed by atoms with Gasteiger partial charge in [-0.15, -0.1) is 0 Å². The summed E-state index contributed by atoms with van der Waals surface area (Å²) in [6, 6.07) is 0. The summed E-state index contributed by atoms with van der Waals surface area (Å²) in [6.45, 7) is 8.03. The largest absolute Gasteiger partial charge is 0.379 e. The molecule has 0 amide bonds. The van der Waals surface area contributed by atoms with Crippen LogP contribution in [0, 0.1) is 11.3 Å². The summed E-state index contributed by atoms with van der Waals surface area (Å²) in [6.07, 6.45) is 3.12. The first-order chi connectivity index (χ1) is 7.59. The molecule has 3 heteroatoms. The Hall–Kier alpha value is -0.410. The van der Waals surface area contributed by atoms with Crippen LogP contribution in [0.4, 0.5) is 0 Å². The molecule has 2 aliphatic carbocycles. The first-order valence-electron chi connectivity index (χ1n) is 6.45. The lowest BCUT2D eigenvalue weighted by Crippen LogP contribution is -2.60. The highest BCUT2D eigenvalue weighted by Gasteiger charge is 2.66. The number of Topliss-reactive ketones (excluding diaryl/α,β-unsaturated/α-hetero) is 1. The number of carbonyl (C=O) groups is 1. The van der Waals surface area contributed by atoms with Crippen LogP contribution in [-0.4, -0.2) is 42.5 Å². The van der Waals surface area contributed by atoms with Crippen LogP contribution in [0.15, 0.2) is 0 Å². The molecule has 3 fully saturated rings. The molecule has 0 spiro atoms. The molecule has 1 saturated heterocycles. The minimum absolute atomic E-state index is 0.151. The number of fused-ring (bicyclic) bond motifs is 2. The van der Waals surface area contributed by atoms with E-state index in [1.165, 1.54) is 6.42 Å². The molecule has 90 valence electrons. The van der Waals surface area contributed by atoms with Gasteiger partial charge in [-0.25, -0.2) is 0 Å². The highest BCUT2D eigenvalue weighted by atomic mass is 16.5. The van der Waals surface area contributed by atoms with Crippen LogP contribution in [0.2, 0.25) is 0 Å². The lowest BCUT2D eigenvalue weighted by molar-refractivity contribution is -0.137. The van der Waals surface area contributed by atoms with Gasteiger partial charge in [0.05, 0.1) is 18.8 Å². The summed E-state index contributed by atoms with van der Waals surface area (Å²) in [5.74, 6) is 1.11. The van der Waals surface area contributed by atoms with Crippen LogP contribution in [0.5, 0.6) is 0 Å². The standard InChI is InChI=1S/C13H21NO2/c1-12(2)10-3-4-13(12,11(15)9-10)14-5-7-16-8-6-14/h10H,3-9H2,1-2H3/t10-,13-/m1/s1. The molecule has 2 saturated carbocycles. The van der Waals surface area contributed by atoms with Gasteiger partial charge in [-0.3, -0.25) is 9.69 Å². The summed E-state index contributed by atoms with van der Waals surface area (Å²) in [7, 11) is 0. The van der Waals surface area contributed by atoms with E-state index < -0.39 is 0 Å². The number of ether oxygens (including phenoxy) is 1. The van der Waals surface area contributed by atoms with Gasteiger partial charge in [0, 0.05) is 19.5 Å². The van der Waals surface area contributed by atoms with E-state index in [0.29, 0.717) is 11.7 Å². The van der Waals surface area contributed by atoms with Gasteiger partial charge in [0.15, 0.2) is 5.78 Å². The second-order valence-corrected chi connectivity index (χ2v) is 6.04.